The van der Waals surface area contributed by atoms with Crippen LogP contribution in [0.2, 0.25) is 0 Å². The predicted molar refractivity (Wildman–Crippen MR) is 111 cm³/mol. The molecule has 0 spiro atoms. The summed E-state index contributed by atoms with van der Waals surface area (Å²) in [5.41, 5.74) is 6.29. The lowest BCUT2D eigenvalue weighted by Crippen LogP contribution is -2.15. The number of hydrogen-bond donors (Lipinski definition) is 1. The van der Waals surface area contributed by atoms with Crippen molar-refractivity contribution in [3.05, 3.63) is 67.1 Å². The number of fused-ring (bicyclic) bond motifs is 3. The fourth-order valence-corrected chi connectivity index (χ4v) is 3.63. The molecular formula is C23H16N4O2. The smallest absolute Gasteiger partial charge is 0.178 e. The van der Waals surface area contributed by atoms with Crippen LogP contribution in [0.5, 0.6) is 11.5 Å². The number of pyridine rings is 1. The van der Waals surface area contributed by atoms with E-state index in [2.05, 4.69) is 39.2 Å². The Balaban J connectivity index is 1.39. The molecule has 0 saturated carbocycles. The van der Waals surface area contributed by atoms with Crippen molar-refractivity contribution in [2.45, 2.75) is 0 Å². The van der Waals surface area contributed by atoms with Crippen LogP contribution in [-0.4, -0.2) is 33.1 Å². The molecule has 0 unspecified atom stereocenters. The van der Waals surface area contributed by atoms with E-state index in [0.29, 0.717) is 18.9 Å². The zero-order valence-electron chi connectivity index (χ0n) is 15.4. The summed E-state index contributed by atoms with van der Waals surface area (Å²) < 4.78 is 11.3. The lowest BCUT2D eigenvalue weighted by atomic mass is 10.1. The summed E-state index contributed by atoms with van der Waals surface area (Å²) in [7, 11) is 0. The number of aromatic amines is 1. The van der Waals surface area contributed by atoms with E-state index in [4.69, 9.17) is 14.5 Å². The van der Waals surface area contributed by atoms with Crippen molar-refractivity contribution < 1.29 is 9.47 Å². The molecule has 3 aromatic heterocycles. The molecule has 4 heterocycles. The number of aromatic nitrogens is 4. The van der Waals surface area contributed by atoms with Gasteiger partial charge >= 0.3 is 0 Å². The number of rotatable bonds is 2. The van der Waals surface area contributed by atoms with Gasteiger partial charge in [-0.15, -0.1) is 0 Å². The summed E-state index contributed by atoms with van der Waals surface area (Å²) in [5, 5.41) is 1.17. The second-order valence-electron chi connectivity index (χ2n) is 6.96. The fourth-order valence-electron chi connectivity index (χ4n) is 3.63. The third kappa shape index (κ3) is 2.77. The van der Waals surface area contributed by atoms with Crippen LogP contribution in [-0.2, 0) is 0 Å². The molecule has 1 N–H and O–H groups in total. The minimum atomic E-state index is 0.554. The second-order valence-corrected chi connectivity index (χ2v) is 6.96. The molecule has 6 rings (SSSR count). The Labute approximate surface area is 166 Å². The third-order valence-corrected chi connectivity index (χ3v) is 5.12. The van der Waals surface area contributed by atoms with Crippen LogP contribution in [0.15, 0.2) is 67.1 Å². The molecule has 6 nitrogen and oxygen atoms in total. The first-order valence-electron chi connectivity index (χ1n) is 9.44. The largest absolute Gasteiger partial charge is 0.486 e. The van der Waals surface area contributed by atoms with E-state index in [1.54, 1.807) is 6.20 Å². The fraction of sp³-hybridized carbons (Fsp3) is 0.0870. The standard InChI is InChI=1S/C23H16N4O2/c1-3-18-16(5-6-24-18)9-14(1)17-10-19-23(26-12-17)27-20(13-25-19)15-2-4-21-22(11-15)29-8-7-28-21/h1-6,9-13,24H,7-8H2. The first-order chi connectivity index (χ1) is 14.3. The highest BCUT2D eigenvalue weighted by Crippen LogP contribution is 2.34. The molecule has 5 aromatic rings. The first-order valence-corrected chi connectivity index (χ1v) is 9.44. The molecule has 2 aromatic carbocycles. The molecule has 0 aliphatic carbocycles. The molecule has 6 heteroatoms. The minimum Gasteiger partial charge on any atom is -0.486 e. The van der Waals surface area contributed by atoms with Gasteiger partial charge in [-0.3, -0.25) is 4.98 Å². The summed E-state index contributed by atoms with van der Waals surface area (Å²) >= 11 is 0. The van der Waals surface area contributed by atoms with Crippen LogP contribution in [0.1, 0.15) is 0 Å². The number of ether oxygens (including phenoxy) is 2. The van der Waals surface area contributed by atoms with Gasteiger partial charge in [-0.25, -0.2) is 9.97 Å². The summed E-state index contributed by atoms with van der Waals surface area (Å²) in [5.74, 6) is 1.50. The molecule has 1 aliphatic rings. The zero-order valence-corrected chi connectivity index (χ0v) is 15.4. The number of benzene rings is 2. The SMILES string of the molecule is c1cc2cc(-c3cnc4nc(-c5ccc6c(c5)OCCO6)cnc4c3)ccc2[nH]1. The Morgan fingerprint density at radius 3 is 2.62 bits per heavy atom. The van der Waals surface area contributed by atoms with Crippen molar-refractivity contribution in [2.24, 2.45) is 0 Å². The van der Waals surface area contributed by atoms with E-state index in [-0.39, 0.29) is 0 Å². The number of nitrogens with zero attached hydrogens (tertiary/aromatic N) is 3. The maximum Gasteiger partial charge on any atom is 0.178 e. The molecular weight excluding hydrogens is 364 g/mol. The van der Waals surface area contributed by atoms with E-state index in [0.717, 1.165) is 44.9 Å². The Morgan fingerprint density at radius 1 is 0.759 bits per heavy atom. The van der Waals surface area contributed by atoms with Crippen LogP contribution in [0.4, 0.5) is 0 Å². The molecule has 0 saturated heterocycles. The number of H-pyrrole nitrogens is 1. The highest BCUT2D eigenvalue weighted by molar-refractivity contribution is 5.87. The van der Waals surface area contributed by atoms with Gasteiger partial charge in [0.05, 0.1) is 11.9 Å². The van der Waals surface area contributed by atoms with Crippen molar-refractivity contribution >= 4 is 22.1 Å². The van der Waals surface area contributed by atoms with Crippen LogP contribution in [0.3, 0.4) is 0 Å². The molecule has 0 bridgehead atoms. The second kappa shape index (κ2) is 6.31. The van der Waals surface area contributed by atoms with Crippen molar-refractivity contribution in [2.75, 3.05) is 13.2 Å². The molecule has 0 amide bonds. The molecule has 0 atom stereocenters. The van der Waals surface area contributed by atoms with Gasteiger partial charge < -0.3 is 14.5 Å². The lowest BCUT2D eigenvalue weighted by molar-refractivity contribution is 0.171. The summed E-state index contributed by atoms with van der Waals surface area (Å²) in [6.45, 7) is 1.13. The molecule has 0 radical (unpaired) electrons. The molecule has 0 fully saturated rings. The van der Waals surface area contributed by atoms with Gasteiger partial charge in [-0.05, 0) is 53.4 Å². The molecule has 140 valence electrons. The Kier molecular flexibility index (Phi) is 3.49. The van der Waals surface area contributed by atoms with E-state index < -0.39 is 0 Å². The van der Waals surface area contributed by atoms with E-state index in [9.17, 15) is 0 Å². The van der Waals surface area contributed by atoms with Crippen molar-refractivity contribution in [1.82, 2.24) is 19.9 Å². The van der Waals surface area contributed by atoms with Gasteiger partial charge in [0.25, 0.3) is 0 Å². The zero-order chi connectivity index (χ0) is 19.2. The minimum absolute atomic E-state index is 0.554. The van der Waals surface area contributed by atoms with E-state index >= 15 is 0 Å². The molecule has 1 aliphatic heterocycles. The number of hydrogen-bond acceptors (Lipinski definition) is 5. The highest BCUT2D eigenvalue weighted by atomic mass is 16.6. The van der Waals surface area contributed by atoms with Crippen LogP contribution >= 0.6 is 0 Å². The van der Waals surface area contributed by atoms with Crippen molar-refractivity contribution in [3.63, 3.8) is 0 Å². The highest BCUT2D eigenvalue weighted by Gasteiger charge is 2.14. The van der Waals surface area contributed by atoms with Crippen molar-refractivity contribution in [3.8, 4) is 33.9 Å². The van der Waals surface area contributed by atoms with Crippen molar-refractivity contribution in [1.29, 1.82) is 0 Å². The van der Waals surface area contributed by atoms with Gasteiger partial charge in [-0.1, -0.05) is 6.07 Å². The maximum atomic E-state index is 5.67. The Morgan fingerprint density at radius 2 is 1.66 bits per heavy atom. The number of nitrogens with one attached hydrogen (secondary N) is 1. The van der Waals surface area contributed by atoms with Gasteiger partial charge in [0.2, 0.25) is 0 Å². The average Bonchev–Trinajstić information content (AvgIpc) is 3.26. The average molecular weight is 380 g/mol. The van der Waals surface area contributed by atoms with E-state index in [1.165, 1.54) is 5.39 Å². The summed E-state index contributed by atoms with van der Waals surface area (Å²) in [6.07, 6.45) is 5.56. The third-order valence-electron chi connectivity index (χ3n) is 5.12. The van der Waals surface area contributed by atoms with Gasteiger partial charge in [0.15, 0.2) is 17.1 Å². The predicted octanol–water partition coefficient (Wildman–Crippen LogP) is 4.61. The normalized spacial score (nSPS) is 13.1. The quantitative estimate of drug-likeness (QED) is 0.484. The lowest BCUT2D eigenvalue weighted by Gasteiger charge is -2.18. The van der Waals surface area contributed by atoms with Gasteiger partial charge in [0.1, 0.15) is 18.7 Å². The van der Waals surface area contributed by atoms with Gasteiger partial charge in [0, 0.05) is 29.0 Å². The molecule has 29 heavy (non-hydrogen) atoms. The Bertz CT molecular complexity index is 1380. The summed E-state index contributed by atoms with van der Waals surface area (Å²) in [6, 6.07) is 16.2. The Hall–Kier alpha value is -3.93. The van der Waals surface area contributed by atoms with Crippen LogP contribution in [0, 0.1) is 0 Å². The van der Waals surface area contributed by atoms with E-state index in [1.807, 2.05) is 36.7 Å². The van der Waals surface area contributed by atoms with Crippen LogP contribution in [0.25, 0.3) is 44.5 Å². The summed E-state index contributed by atoms with van der Waals surface area (Å²) in [4.78, 5) is 17.1. The topological polar surface area (TPSA) is 72.9 Å². The van der Waals surface area contributed by atoms with Crippen LogP contribution < -0.4 is 9.47 Å². The maximum absolute atomic E-state index is 5.67. The van der Waals surface area contributed by atoms with Gasteiger partial charge in [-0.2, -0.15) is 0 Å². The first kappa shape index (κ1) is 16.1. The monoisotopic (exact) mass is 380 g/mol.